The summed E-state index contributed by atoms with van der Waals surface area (Å²) in [5, 5.41) is 3.21. The highest BCUT2D eigenvalue weighted by Crippen LogP contribution is 2.22. The van der Waals surface area contributed by atoms with E-state index in [2.05, 4.69) is 38.2 Å². The van der Waals surface area contributed by atoms with Crippen LogP contribution in [-0.2, 0) is 6.42 Å². The number of hydrogen-bond acceptors (Lipinski definition) is 1. The topological polar surface area (TPSA) is 12.0 Å². The second kappa shape index (κ2) is 3.61. The van der Waals surface area contributed by atoms with Crippen LogP contribution in [0.2, 0.25) is 0 Å². The van der Waals surface area contributed by atoms with E-state index in [-0.39, 0.29) is 0 Å². The molecule has 1 rings (SSSR count). The van der Waals surface area contributed by atoms with Crippen LogP contribution >= 0.6 is 0 Å². The average molecular weight is 163 g/mol. The summed E-state index contributed by atoms with van der Waals surface area (Å²) in [5.74, 6) is 0. The summed E-state index contributed by atoms with van der Waals surface area (Å²) < 4.78 is 0. The third-order valence-electron chi connectivity index (χ3n) is 2.49. The van der Waals surface area contributed by atoms with Gasteiger partial charge in [-0.05, 0) is 43.0 Å². The van der Waals surface area contributed by atoms with Crippen molar-refractivity contribution in [1.29, 1.82) is 0 Å². The molecule has 66 valence electrons. The van der Waals surface area contributed by atoms with Crippen molar-refractivity contribution >= 4 is 5.69 Å². The first kappa shape index (κ1) is 9.11. The molecule has 0 bridgehead atoms. The Kier molecular flexibility index (Phi) is 2.74. The lowest BCUT2D eigenvalue weighted by Crippen LogP contribution is -1.98. The van der Waals surface area contributed by atoms with Crippen LogP contribution in [0.15, 0.2) is 12.1 Å². The Morgan fingerprint density at radius 3 is 2.42 bits per heavy atom. The van der Waals surface area contributed by atoms with E-state index < -0.39 is 0 Å². The van der Waals surface area contributed by atoms with Gasteiger partial charge in [0, 0.05) is 12.7 Å². The first-order chi connectivity index (χ1) is 5.70. The summed E-state index contributed by atoms with van der Waals surface area (Å²) in [6.45, 7) is 6.55. The number of hydrogen-bond donors (Lipinski definition) is 1. The maximum absolute atomic E-state index is 3.21. The van der Waals surface area contributed by atoms with Crippen molar-refractivity contribution in [2.75, 3.05) is 12.4 Å². The molecule has 1 aromatic rings. The first-order valence-corrected chi connectivity index (χ1v) is 4.47. The molecule has 0 spiro atoms. The number of benzene rings is 1. The second-order valence-corrected chi connectivity index (χ2v) is 3.14. The van der Waals surface area contributed by atoms with Crippen LogP contribution in [0.1, 0.15) is 23.6 Å². The fraction of sp³-hybridized carbons (Fsp3) is 0.455. The summed E-state index contributed by atoms with van der Waals surface area (Å²) in [5.41, 5.74) is 5.51. The Morgan fingerprint density at radius 1 is 1.25 bits per heavy atom. The van der Waals surface area contributed by atoms with Crippen LogP contribution in [-0.4, -0.2) is 7.05 Å². The minimum absolute atomic E-state index is 1.10. The lowest BCUT2D eigenvalue weighted by molar-refractivity contribution is 1.09. The monoisotopic (exact) mass is 163 g/mol. The molecule has 0 unspecified atom stereocenters. The highest BCUT2D eigenvalue weighted by Gasteiger charge is 2.03. The Bertz CT molecular complexity index is 277. The second-order valence-electron chi connectivity index (χ2n) is 3.14. The van der Waals surface area contributed by atoms with Crippen molar-refractivity contribution in [2.45, 2.75) is 27.2 Å². The van der Waals surface area contributed by atoms with E-state index in [0.717, 1.165) is 6.42 Å². The normalized spacial score (nSPS) is 10.0. The molecule has 1 N–H and O–H groups in total. The van der Waals surface area contributed by atoms with Gasteiger partial charge in [0.25, 0.3) is 0 Å². The maximum atomic E-state index is 3.21. The van der Waals surface area contributed by atoms with Crippen LogP contribution < -0.4 is 5.32 Å². The third kappa shape index (κ3) is 1.45. The van der Waals surface area contributed by atoms with Gasteiger partial charge in [0.1, 0.15) is 0 Å². The molecule has 12 heavy (non-hydrogen) atoms. The van der Waals surface area contributed by atoms with Gasteiger partial charge in [-0.3, -0.25) is 0 Å². The van der Waals surface area contributed by atoms with E-state index in [9.17, 15) is 0 Å². The molecule has 0 aliphatic rings. The molecule has 1 heteroatoms. The standard InChI is InChI=1S/C11H17N/c1-5-10-9(3)8(2)6-7-11(10)12-4/h6-7,12H,5H2,1-4H3. The van der Waals surface area contributed by atoms with Gasteiger partial charge in [0.05, 0.1) is 0 Å². The van der Waals surface area contributed by atoms with Gasteiger partial charge in [-0.25, -0.2) is 0 Å². The predicted octanol–water partition coefficient (Wildman–Crippen LogP) is 2.91. The molecule has 1 aromatic carbocycles. The fourth-order valence-corrected chi connectivity index (χ4v) is 1.56. The quantitative estimate of drug-likeness (QED) is 0.707. The van der Waals surface area contributed by atoms with Crippen molar-refractivity contribution < 1.29 is 0 Å². The molecular weight excluding hydrogens is 146 g/mol. The zero-order valence-electron chi connectivity index (χ0n) is 8.36. The van der Waals surface area contributed by atoms with Crippen LogP contribution in [0.25, 0.3) is 0 Å². The molecule has 0 aliphatic heterocycles. The molecule has 0 saturated heterocycles. The molecule has 0 heterocycles. The highest BCUT2D eigenvalue weighted by molar-refractivity contribution is 5.56. The van der Waals surface area contributed by atoms with E-state index in [0.29, 0.717) is 0 Å². The highest BCUT2D eigenvalue weighted by atomic mass is 14.8. The van der Waals surface area contributed by atoms with Crippen molar-refractivity contribution in [3.05, 3.63) is 28.8 Å². The van der Waals surface area contributed by atoms with Crippen molar-refractivity contribution in [1.82, 2.24) is 0 Å². The van der Waals surface area contributed by atoms with Crippen molar-refractivity contribution in [3.63, 3.8) is 0 Å². The van der Waals surface area contributed by atoms with Crippen molar-refractivity contribution in [2.24, 2.45) is 0 Å². The van der Waals surface area contributed by atoms with Gasteiger partial charge in [0.2, 0.25) is 0 Å². The van der Waals surface area contributed by atoms with E-state index in [1.54, 1.807) is 0 Å². The average Bonchev–Trinajstić information content (AvgIpc) is 2.09. The Balaban J connectivity index is 3.25. The van der Waals surface area contributed by atoms with Gasteiger partial charge in [-0.15, -0.1) is 0 Å². The summed E-state index contributed by atoms with van der Waals surface area (Å²) in [6.07, 6.45) is 1.10. The molecule has 0 radical (unpaired) electrons. The zero-order valence-corrected chi connectivity index (χ0v) is 8.36. The minimum Gasteiger partial charge on any atom is -0.388 e. The summed E-state index contributed by atoms with van der Waals surface area (Å²) in [7, 11) is 1.98. The maximum Gasteiger partial charge on any atom is 0.0372 e. The summed E-state index contributed by atoms with van der Waals surface area (Å²) in [6, 6.07) is 4.32. The lowest BCUT2D eigenvalue weighted by Gasteiger charge is -2.12. The molecular formula is C11H17N. The Hall–Kier alpha value is -0.980. The predicted molar refractivity (Wildman–Crippen MR) is 54.8 cm³/mol. The lowest BCUT2D eigenvalue weighted by atomic mass is 9.99. The van der Waals surface area contributed by atoms with Gasteiger partial charge >= 0.3 is 0 Å². The Morgan fingerprint density at radius 2 is 1.92 bits per heavy atom. The van der Waals surface area contributed by atoms with Crippen LogP contribution in [0, 0.1) is 13.8 Å². The number of rotatable bonds is 2. The van der Waals surface area contributed by atoms with Crippen molar-refractivity contribution in [3.8, 4) is 0 Å². The molecule has 1 nitrogen and oxygen atoms in total. The largest absolute Gasteiger partial charge is 0.388 e. The van der Waals surface area contributed by atoms with E-state index in [1.165, 1.54) is 22.4 Å². The SMILES string of the molecule is CCc1c(NC)ccc(C)c1C. The van der Waals surface area contributed by atoms with Gasteiger partial charge in [0.15, 0.2) is 0 Å². The van der Waals surface area contributed by atoms with E-state index in [4.69, 9.17) is 0 Å². The molecule has 0 aliphatic carbocycles. The van der Waals surface area contributed by atoms with Gasteiger partial charge in [-0.2, -0.15) is 0 Å². The molecule has 0 atom stereocenters. The number of nitrogens with one attached hydrogen (secondary N) is 1. The molecule has 0 amide bonds. The first-order valence-electron chi connectivity index (χ1n) is 4.47. The van der Waals surface area contributed by atoms with Gasteiger partial charge in [-0.1, -0.05) is 13.0 Å². The molecule has 0 aromatic heterocycles. The minimum atomic E-state index is 1.10. The fourth-order valence-electron chi connectivity index (χ4n) is 1.56. The number of anilines is 1. The molecule has 0 saturated carbocycles. The number of aryl methyl sites for hydroxylation is 1. The van der Waals surface area contributed by atoms with E-state index >= 15 is 0 Å². The summed E-state index contributed by atoms with van der Waals surface area (Å²) >= 11 is 0. The van der Waals surface area contributed by atoms with Gasteiger partial charge < -0.3 is 5.32 Å². The third-order valence-corrected chi connectivity index (χ3v) is 2.49. The van der Waals surface area contributed by atoms with Crippen LogP contribution in [0.5, 0.6) is 0 Å². The summed E-state index contributed by atoms with van der Waals surface area (Å²) in [4.78, 5) is 0. The van der Waals surface area contributed by atoms with Crippen LogP contribution in [0.4, 0.5) is 5.69 Å². The zero-order chi connectivity index (χ0) is 9.14. The van der Waals surface area contributed by atoms with Crippen LogP contribution in [0.3, 0.4) is 0 Å². The smallest absolute Gasteiger partial charge is 0.0372 e. The van der Waals surface area contributed by atoms with E-state index in [1.807, 2.05) is 7.05 Å². The Labute approximate surface area is 74.8 Å². The molecule has 0 fully saturated rings.